The summed E-state index contributed by atoms with van der Waals surface area (Å²) in [6.45, 7) is 4.22. The number of benzene rings is 2. The van der Waals surface area contributed by atoms with Gasteiger partial charge in [-0.1, -0.05) is 36.7 Å². The van der Waals surface area contributed by atoms with Crippen molar-refractivity contribution in [3.05, 3.63) is 70.9 Å². The summed E-state index contributed by atoms with van der Waals surface area (Å²) in [6, 6.07) is 15.4. The molecule has 0 spiro atoms. The van der Waals surface area contributed by atoms with Gasteiger partial charge in [0.2, 0.25) is 0 Å². The summed E-state index contributed by atoms with van der Waals surface area (Å²) in [7, 11) is 1.49. The Hall–Kier alpha value is -3.29. The number of halogens is 1. The number of carboxylic acids is 1. The van der Waals surface area contributed by atoms with Crippen molar-refractivity contribution >= 4 is 40.1 Å². The molecule has 0 saturated carbocycles. The van der Waals surface area contributed by atoms with Crippen LogP contribution in [-0.4, -0.2) is 53.3 Å². The van der Waals surface area contributed by atoms with Crippen molar-refractivity contribution in [2.24, 2.45) is 5.41 Å². The number of hydrogen-bond donors (Lipinski definition) is 1. The quantitative estimate of drug-likeness (QED) is 0.442. The Labute approximate surface area is 221 Å². The second-order valence-electron chi connectivity index (χ2n) is 9.75. The Kier molecular flexibility index (Phi) is 7.01. The molecule has 1 saturated heterocycles. The van der Waals surface area contributed by atoms with Crippen molar-refractivity contribution < 1.29 is 24.2 Å². The van der Waals surface area contributed by atoms with E-state index < -0.39 is 5.97 Å². The Morgan fingerprint density at radius 3 is 2.59 bits per heavy atom. The minimum atomic E-state index is -0.995. The predicted molar refractivity (Wildman–Crippen MR) is 143 cm³/mol. The molecule has 37 heavy (non-hydrogen) atoms. The van der Waals surface area contributed by atoms with Gasteiger partial charge in [0, 0.05) is 28.1 Å². The number of aliphatic carboxylic acids is 1. The van der Waals surface area contributed by atoms with Crippen LogP contribution in [0.2, 0.25) is 5.02 Å². The number of carbonyl (C=O) groups excluding carboxylic acids is 1. The van der Waals surface area contributed by atoms with E-state index in [4.69, 9.17) is 26.2 Å². The molecule has 6 rings (SSSR count). The summed E-state index contributed by atoms with van der Waals surface area (Å²) in [4.78, 5) is 25.4. The molecule has 0 unspecified atom stereocenters. The number of ether oxygens (including phenoxy) is 2. The van der Waals surface area contributed by atoms with E-state index in [0.717, 1.165) is 37.9 Å². The zero-order valence-corrected chi connectivity index (χ0v) is 21.8. The number of carbonyl (C=O) groups is 2. The van der Waals surface area contributed by atoms with E-state index in [2.05, 4.69) is 46.7 Å². The highest BCUT2D eigenvalue weighted by molar-refractivity contribution is 6.30. The molecule has 1 aromatic heterocycles. The number of fused-ring (bicyclic) bond motifs is 3. The van der Waals surface area contributed by atoms with E-state index in [1.165, 1.54) is 30.2 Å². The monoisotopic (exact) mass is 522 g/mol. The fourth-order valence-electron chi connectivity index (χ4n) is 6.21. The van der Waals surface area contributed by atoms with Crippen LogP contribution in [0, 0.1) is 5.41 Å². The number of carboxylic acid groups (broad SMARTS) is 1. The molecule has 7 nitrogen and oxygen atoms in total. The number of esters is 1. The first-order valence-electron chi connectivity index (χ1n) is 12.7. The number of rotatable bonds is 5. The number of nitrogens with zero attached hydrogens (tertiary/aromatic N) is 2. The lowest BCUT2D eigenvalue weighted by molar-refractivity contribution is -0.139. The molecule has 3 aromatic rings. The van der Waals surface area contributed by atoms with Crippen LogP contribution in [-0.2, 0) is 20.7 Å². The molecule has 0 radical (unpaired) electrons. The minimum absolute atomic E-state index is 0.0430. The second kappa shape index (κ2) is 10.2. The maximum absolute atomic E-state index is 12.7. The Morgan fingerprint density at radius 2 is 1.89 bits per heavy atom. The smallest absolute Gasteiger partial charge is 0.354 e. The predicted octanol–water partition coefficient (Wildman–Crippen LogP) is 5.56. The van der Waals surface area contributed by atoms with Crippen LogP contribution in [0.3, 0.4) is 0 Å². The van der Waals surface area contributed by atoms with Crippen molar-refractivity contribution in [1.29, 1.82) is 0 Å². The Balaban J connectivity index is 0.000000198. The standard InChI is InChI=1S/C21H24N2O2.C8H7ClO3/c1-3-21-10-6-11-22-12-9-15-14-7-4-5-8-16(14)23(18(15)19(21)22)17(13-21)20(24)25-2;9-6-1-3-7(4-2-6)12-5-8(10)11/h4-5,7-8,13,19H,3,6,9-12H2,1-2H3;1-4H,5H2,(H,10,11)/t19-,21+;/m1./s1. The van der Waals surface area contributed by atoms with E-state index >= 15 is 0 Å². The minimum Gasteiger partial charge on any atom is -0.482 e. The lowest BCUT2D eigenvalue weighted by Gasteiger charge is -2.53. The third-order valence-corrected chi connectivity index (χ3v) is 8.07. The van der Waals surface area contributed by atoms with Crippen molar-refractivity contribution in [3.8, 4) is 5.75 Å². The third-order valence-electron chi connectivity index (χ3n) is 7.82. The fourth-order valence-corrected chi connectivity index (χ4v) is 6.34. The fraction of sp³-hybridized carbons (Fsp3) is 0.379. The second-order valence-corrected chi connectivity index (χ2v) is 10.2. The summed E-state index contributed by atoms with van der Waals surface area (Å²) >= 11 is 5.60. The molecule has 3 aliphatic heterocycles. The SMILES string of the molecule is CC[C@@]12C=C(C(=O)OC)n3c4c(c5ccccc53)CCN(CCC1)[C@H]42.O=C(O)COc1ccc(Cl)cc1. The van der Waals surface area contributed by atoms with Gasteiger partial charge in [0.05, 0.1) is 18.7 Å². The first kappa shape index (κ1) is 25.4. The maximum atomic E-state index is 12.7. The zero-order valence-electron chi connectivity index (χ0n) is 21.1. The molecule has 2 aromatic carbocycles. The van der Waals surface area contributed by atoms with Gasteiger partial charge in [-0.2, -0.15) is 0 Å². The van der Waals surface area contributed by atoms with Crippen LogP contribution in [0.5, 0.6) is 5.75 Å². The Bertz CT molecular complexity index is 1360. The number of methoxy groups -OCH3 is 1. The van der Waals surface area contributed by atoms with E-state index in [1.807, 2.05) is 0 Å². The number of aromatic nitrogens is 1. The van der Waals surface area contributed by atoms with E-state index in [-0.39, 0.29) is 18.0 Å². The molecule has 0 aliphatic carbocycles. The van der Waals surface area contributed by atoms with Crippen molar-refractivity contribution in [2.45, 2.75) is 38.6 Å². The molecule has 2 atom stereocenters. The highest BCUT2D eigenvalue weighted by atomic mass is 35.5. The van der Waals surface area contributed by atoms with Crippen LogP contribution in [0.15, 0.2) is 54.6 Å². The Morgan fingerprint density at radius 1 is 1.14 bits per heavy atom. The van der Waals surface area contributed by atoms with Crippen molar-refractivity contribution in [2.75, 3.05) is 26.8 Å². The molecular formula is C29H31ClN2O5. The average molecular weight is 523 g/mol. The summed E-state index contributed by atoms with van der Waals surface area (Å²) in [5.74, 6) is -0.718. The molecular weight excluding hydrogens is 492 g/mol. The van der Waals surface area contributed by atoms with Gasteiger partial charge in [-0.3, -0.25) is 4.90 Å². The first-order chi connectivity index (χ1) is 17.9. The van der Waals surface area contributed by atoms with E-state index in [0.29, 0.717) is 22.5 Å². The summed E-state index contributed by atoms with van der Waals surface area (Å²) < 4.78 is 12.2. The topological polar surface area (TPSA) is 81.0 Å². The van der Waals surface area contributed by atoms with Crippen molar-refractivity contribution in [1.82, 2.24) is 9.47 Å². The van der Waals surface area contributed by atoms with Gasteiger partial charge in [-0.25, -0.2) is 9.59 Å². The van der Waals surface area contributed by atoms with Gasteiger partial charge in [-0.15, -0.1) is 0 Å². The largest absolute Gasteiger partial charge is 0.482 e. The van der Waals surface area contributed by atoms with Gasteiger partial charge in [-0.05, 0) is 74.2 Å². The molecule has 0 bridgehead atoms. The maximum Gasteiger partial charge on any atom is 0.354 e. The van der Waals surface area contributed by atoms with Gasteiger partial charge in [0.15, 0.2) is 6.61 Å². The lowest BCUT2D eigenvalue weighted by Crippen LogP contribution is -2.51. The molecule has 1 fully saturated rings. The molecule has 3 aliphatic rings. The van der Waals surface area contributed by atoms with Gasteiger partial charge in [0.25, 0.3) is 0 Å². The van der Waals surface area contributed by atoms with Crippen LogP contribution in [0.4, 0.5) is 0 Å². The third kappa shape index (κ3) is 4.51. The number of para-hydroxylation sites is 1. The van der Waals surface area contributed by atoms with Crippen LogP contribution >= 0.6 is 11.6 Å². The highest BCUT2D eigenvalue weighted by Crippen LogP contribution is 2.57. The molecule has 4 heterocycles. The molecule has 0 amide bonds. The summed E-state index contributed by atoms with van der Waals surface area (Å²) in [5, 5.41) is 10.2. The number of hydrogen-bond acceptors (Lipinski definition) is 5. The van der Waals surface area contributed by atoms with E-state index in [1.54, 1.807) is 24.3 Å². The van der Waals surface area contributed by atoms with Crippen molar-refractivity contribution in [3.63, 3.8) is 0 Å². The summed E-state index contributed by atoms with van der Waals surface area (Å²) in [6.07, 6.45) is 6.70. The zero-order chi connectivity index (χ0) is 26.2. The van der Waals surface area contributed by atoms with Crippen LogP contribution < -0.4 is 4.74 Å². The average Bonchev–Trinajstić information content (AvgIpc) is 3.26. The first-order valence-corrected chi connectivity index (χ1v) is 13.0. The van der Waals surface area contributed by atoms with Gasteiger partial charge < -0.3 is 19.1 Å². The van der Waals surface area contributed by atoms with Gasteiger partial charge in [0.1, 0.15) is 11.4 Å². The number of piperidine rings is 1. The summed E-state index contributed by atoms with van der Waals surface area (Å²) in [5.41, 5.74) is 4.67. The molecule has 1 N–H and O–H groups in total. The van der Waals surface area contributed by atoms with Crippen LogP contribution in [0.25, 0.3) is 16.6 Å². The molecule has 8 heteroatoms. The van der Waals surface area contributed by atoms with E-state index in [9.17, 15) is 9.59 Å². The van der Waals surface area contributed by atoms with Gasteiger partial charge >= 0.3 is 11.9 Å². The van der Waals surface area contributed by atoms with Crippen LogP contribution in [0.1, 0.15) is 43.5 Å². The normalized spacial score (nSPS) is 21.8. The lowest BCUT2D eigenvalue weighted by atomic mass is 9.66. The molecule has 194 valence electrons. The highest BCUT2D eigenvalue weighted by Gasteiger charge is 2.51.